The Bertz CT molecular complexity index is 252. The van der Waals surface area contributed by atoms with Gasteiger partial charge in [-0.2, -0.15) is 0 Å². The first-order valence-corrected chi connectivity index (χ1v) is 5.94. The van der Waals surface area contributed by atoms with Gasteiger partial charge in [0.05, 0.1) is 6.10 Å². The lowest BCUT2D eigenvalue weighted by Gasteiger charge is -2.33. The fraction of sp³-hybridized carbons (Fsp3) is 0.909. The maximum Gasteiger partial charge on any atom is 0.332 e. The lowest BCUT2D eigenvalue weighted by Crippen LogP contribution is -2.47. The topological polar surface area (TPSA) is 53.0 Å². The Morgan fingerprint density at radius 3 is 2.56 bits per heavy atom. The zero-order valence-corrected chi connectivity index (χ0v) is 9.76. The molecule has 2 fully saturated rings. The number of piperazine rings is 1. The molecule has 5 nitrogen and oxygen atoms in total. The molecule has 0 unspecified atom stereocenters. The standard InChI is InChI=1S/C11H20N2O3/c1-12-4-6-13(7-5-12)8-9-2-3-10(16-9)11(14)15/h9-10H,2-8H2,1H3,(H,14,15)/t9-,10+/m0/s1. The Morgan fingerprint density at radius 2 is 2.00 bits per heavy atom. The first-order valence-electron chi connectivity index (χ1n) is 5.94. The summed E-state index contributed by atoms with van der Waals surface area (Å²) in [7, 11) is 2.13. The molecule has 2 saturated heterocycles. The van der Waals surface area contributed by atoms with E-state index >= 15 is 0 Å². The number of carboxylic acids is 1. The highest BCUT2D eigenvalue weighted by Gasteiger charge is 2.31. The Kier molecular flexibility index (Phi) is 3.78. The highest BCUT2D eigenvalue weighted by molar-refractivity contribution is 5.72. The van der Waals surface area contributed by atoms with Gasteiger partial charge in [-0.1, -0.05) is 0 Å². The summed E-state index contributed by atoms with van der Waals surface area (Å²) in [5, 5.41) is 8.83. The van der Waals surface area contributed by atoms with Crippen LogP contribution in [0.1, 0.15) is 12.8 Å². The molecule has 2 atom stereocenters. The average Bonchev–Trinajstić information content (AvgIpc) is 2.70. The quantitative estimate of drug-likeness (QED) is 0.729. The first kappa shape index (κ1) is 11.8. The number of rotatable bonds is 3. The van der Waals surface area contributed by atoms with E-state index in [0.717, 1.165) is 39.1 Å². The SMILES string of the molecule is CN1CCN(C[C@@H]2CC[C@H](C(=O)O)O2)CC1. The third-order valence-corrected chi connectivity index (χ3v) is 3.44. The molecular weight excluding hydrogens is 208 g/mol. The van der Waals surface area contributed by atoms with Crippen molar-refractivity contribution in [1.29, 1.82) is 0 Å². The minimum atomic E-state index is -0.819. The lowest BCUT2D eigenvalue weighted by molar-refractivity contribution is -0.149. The van der Waals surface area contributed by atoms with Crippen LogP contribution in [0.25, 0.3) is 0 Å². The second-order valence-corrected chi connectivity index (χ2v) is 4.77. The van der Waals surface area contributed by atoms with Crippen LogP contribution >= 0.6 is 0 Å². The lowest BCUT2D eigenvalue weighted by atomic mass is 10.2. The van der Waals surface area contributed by atoms with Crippen LogP contribution < -0.4 is 0 Å². The molecule has 0 amide bonds. The zero-order valence-electron chi connectivity index (χ0n) is 9.76. The van der Waals surface area contributed by atoms with Gasteiger partial charge in [0, 0.05) is 32.7 Å². The van der Waals surface area contributed by atoms with E-state index in [1.807, 2.05) is 0 Å². The van der Waals surface area contributed by atoms with E-state index in [2.05, 4.69) is 16.8 Å². The molecule has 1 N–H and O–H groups in total. The third kappa shape index (κ3) is 2.93. The van der Waals surface area contributed by atoms with Crippen molar-refractivity contribution in [2.75, 3.05) is 39.8 Å². The molecule has 2 aliphatic rings. The smallest absolute Gasteiger partial charge is 0.332 e. The van der Waals surface area contributed by atoms with Gasteiger partial charge in [-0.15, -0.1) is 0 Å². The monoisotopic (exact) mass is 228 g/mol. The molecule has 2 rings (SSSR count). The normalized spacial score (nSPS) is 33.1. The summed E-state index contributed by atoms with van der Waals surface area (Å²) in [5.74, 6) is -0.819. The van der Waals surface area contributed by atoms with Crippen LogP contribution in [0.4, 0.5) is 0 Å². The number of carboxylic acid groups (broad SMARTS) is 1. The van der Waals surface area contributed by atoms with E-state index in [9.17, 15) is 4.79 Å². The summed E-state index contributed by atoms with van der Waals surface area (Å²) in [6, 6.07) is 0. The molecule has 2 heterocycles. The minimum absolute atomic E-state index is 0.115. The maximum absolute atomic E-state index is 10.7. The highest BCUT2D eigenvalue weighted by Crippen LogP contribution is 2.21. The molecular formula is C11H20N2O3. The molecule has 5 heteroatoms. The van der Waals surface area contributed by atoms with Crippen LogP contribution in [0.5, 0.6) is 0 Å². The second-order valence-electron chi connectivity index (χ2n) is 4.77. The molecule has 0 aromatic carbocycles. The van der Waals surface area contributed by atoms with Crippen molar-refractivity contribution in [1.82, 2.24) is 9.80 Å². The van der Waals surface area contributed by atoms with Crippen molar-refractivity contribution in [2.45, 2.75) is 25.0 Å². The predicted molar refractivity (Wildman–Crippen MR) is 59.5 cm³/mol. The molecule has 2 aliphatic heterocycles. The fourth-order valence-corrected chi connectivity index (χ4v) is 2.34. The number of carbonyl (C=O) groups is 1. The molecule has 0 bridgehead atoms. The van der Waals surface area contributed by atoms with E-state index in [1.165, 1.54) is 0 Å². The molecule has 0 aromatic heterocycles. The number of hydrogen-bond acceptors (Lipinski definition) is 4. The van der Waals surface area contributed by atoms with E-state index in [1.54, 1.807) is 0 Å². The Balaban J connectivity index is 1.73. The van der Waals surface area contributed by atoms with Gasteiger partial charge >= 0.3 is 5.97 Å². The van der Waals surface area contributed by atoms with Crippen molar-refractivity contribution in [3.05, 3.63) is 0 Å². The predicted octanol–water partition coefficient (Wildman–Crippen LogP) is -0.134. The summed E-state index contributed by atoms with van der Waals surface area (Å²) in [6.45, 7) is 5.20. The summed E-state index contributed by atoms with van der Waals surface area (Å²) >= 11 is 0. The summed E-state index contributed by atoms with van der Waals surface area (Å²) in [6.07, 6.45) is 1.08. The minimum Gasteiger partial charge on any atom is -0.479 e. The fourth-order valence-electron chi connectivity index (χ4n) is 2.34. The third-order valence-electron chi connectivity index (χ3n) is 3.44. The van der Waals surface area contributed by atoms with E-state index in [4.69, 9.17) is 9.84 Å². The van der Waals surface area contributed by atoms with Crippen LogP contribution in [-0.4, -0.2) is 72.9 Å². The summed E-state index contributed by atoms with van der Waals surface area (Å²) in [5.41, 5.74) is 0. The summed E-state index contributed by atoms with van der Waals surface area (Å²) < 4.78 is 5.50. The van der Waals surface area contributed by atoms with Crippen molar-refractivity contribution < 1.29 is 14.6 Å². The van der Waals surface area contributed by atoms with Gasteiger partial charge in [0.1, 0.15) is 0 Å². The molecule has 92 valence electrons. The maximum atomic E-state index is 10.7. The number of aliphatic carboxylic acids is 1. The van der Waals surface area contributed by atoms with Gasteiger partial charge in [0.15, 0.2) is 6.10 Å². The van der Waals surface area contributed by atoms with Crippen molar-refractivity contribution in [2.24, 2.45) is 0 Å². The van der Waals surface area contributed by atoms with E-state index < -0.39 is 12.1 Å². The van der Waals surface area contributed by atoms with Crippen molar-refractivity contribution in [3.63, 3.8) is 0 Å². The molecule has 0 spiro atoms. The van der Waals surface area contributed by atoms with Gasteiger partial charge in [-0.25, -0.2) is 4.79 Å². The largest absolute Gasteiger partial charge is 0.479 e. The number of ether oxygens (including phenoxy) is 1. The first-order chi connectivity index (χ1) is 7.65. The Hall–Kier alpha value is -0.650. The molecule has 0 aromatic rings. The van der Waals surface area contributed by atoms with Gasteiger partial charge < -0.3 is 14.7 Å². The summed E-state index contributed by atoms with van der Waals surface area (Å²) in [4.78, 5) is 15.4. The number of hydrogen-bond donors (Lipinski definition) is 1. The van der Waals surface area contributed by atoms with E-state index in [0.29, 0.717) is 6.42 Å². The van der Waals surface area contributed by atoms with Crippen LogP contribution in [0.2, 0.25) is 0 Å². The van der Waals surface area contributed by atoms with Gasteiger partial charge in [-0.3, -0.25) is 4.90 Å². The average molecular weight is 228 g/mol. The molecule has 0 aliphatic carbocycles. The number of likely N-dealkylation sites (N-methyl/N-ethyl adjacent to an activating group) is 1. The Morgan fingerprint density at radius 1 is 1.31 bits per heavy atom. The molecule has 0 saturated carbocycles. The zero-order chi connectivity index (χ0) is 11.5. The van der Waals surface area contributed by atoms with Crippen LogP contribution in [-0.2, 0) is 9.53 Å². The number of nitrogens with zero attached hydrogens (tertiary/aromatic N) is 2. The van der Waals surface area contributed by atoms with Crippen LogP contribution in [0.15, 0.2) is 0 Å². The second kappa shape index (κ2) is 5.12. The Labute approximate surface area is 96.0 Å². The van der Waals surface area contributed by atoms with Gasteiger partial charge in [0.25, 0.3) is 0 Å². The van der Waals surface area contributed by atoms with Crippen molar-refractivity contribution in [3.8, 4) is 0 Å². The van der Waals surface area contributed by atoms with Crippen molar-refractivity contribution >= 4 is 5.97 Å². The highest BCUT2D eigenvalue weighted by atomic mass is 16.5. The molecule has 0 radical (unpaired) electrons. The van der Waals surface area contributed by atoms with Gasteiger partial charge in [-0.05, 0) is 19.9 Å². The van der Waals surface area contributed by atoms with E-state index in [-0.39, 0.29) is 6.10 Å². The molecule has 16 heavy (non-hydrogen) atoms. The van der Waals surface area contributed by atoms with Crippen LogP contribution in [0.3, 0.4) is 0 Å². The van der Waals surface area contributed by atoms with Gasteiger partial charge in [0.2, 0.25) is 0 Å². The van der Waals surface area contributed by atoms with Crippen LogP contribution in [0, 0.1) is 0 Å².